The molecule has 0 amide bonds. The molecule has 0 bridgehead atoms. The maximum atomic E-state index is 11.0. The number of halogens is 1. The molecule has 0 fully saturated rings. The minimum absolute atomic E-state index is 0.0374. The van der Waals surface area contributed by atoms with Crippen LogP contribution in [-0.4, -0.2) is 5.97 Å². The maximum Gasteiger partial charge on any atom is 0.0736 e. The zero-order valence-electron chi connectivity index (χ0n) is 8.31. The predicted molar refractivity (Wildman–Crippen MR) is 61.2 cm³/mol. The Labute approximate surface area is 98.1 Å². The van der Waals surface area contributed by atoms with E-state index in [4.69, 9.17) is 11.6 Å². The lowest BCUT2D eigenvalue weighted by Crippen LogP contribution is -2.23. The zero-order chi connectivity index (χ0) is 11.5. The molecule has 0 radical (unpaired) electrons. The molecule has 2 rings (SSSR count). The van der Waals surface area contributed by atoms with Gasteiger partial charge in [0.05, 0.1) is 11.0 Å². The molecule has 0 unspecified atom stereocenters. The van der Waals surface area contributed by atoms with Gasteiger partial charge in [-0.15, -0.1) is 0 Å². The van der Waals surface area contributed by atoms with Gasteiger partial charge in [0.15, 0.2) is 0 Å². The number of hydrogen-bond acceptors (Lipinski definition) is 2. The van der Waals surface area contributed by atoms with Crippen LogP contribution in [0.1, 0.15) is 10.4 Å². The predicted octanol–water partition coefficient (Wildman–Crippen LogP) is 2.37. The normalized spacial score (nSPS) is 10.1. The SMILES string of the molecule is O=C([O-])c1c(Cl)cccc1-c1ccccc1. The highest BCUT2D eigenvalue weighted by Gasteiger charge is 2.09. The van der Waals surface area contributed by atoms with E-state index in [0.717, 1.165) is 5.56 Å². The summed E-state index contributed by atoms with van der Waals surface area (Å²) >= 11 is 5.85. The van der Waals surface area contributed by atoms with Gasteiger partial charge in [-0.2, -0.15) is 0 Å². The van der Waals surface area contributed by atoms with Crippen LogP contribution in [0.15, 0.2) is 48.5 Å². The molecule has 0 N–H and O–H groups in total. The molecule has 0 aliphatic carbocycles. The molecule has 16 heavy (non-hydrogen) atoms. The number of aromatic carboxylic acids is 1. The quantitative estimate of drug-likeness (QED) is 0.796. The first kappa shape index (κ1) is 10.7. The second kappa shape index (κ2) is 4.37. The summed E-state index contributed by atoms with van der Waals surface area (Å²) < 4.78 is 0. The monoisotopic (exact) mass is 231 g/mol. The highest BCUT2D eigenvalue weighted by atomic mass is 35.5. The summed E-state index contributed by atoms with van der Waals surface area (Å²) in [5.41, 5.74) is 1.42. The lowest BCUT2D eigenvalue weighted by Gasteiger charge is -2.12. The van der Waals surface area contributed by atoms with Crippen molar-refractivity contribution in [3.63, 3.8) is 0 Å². The van der Waals surface area contributed by atoms with E-state index in [9.17, 15) is 9.90 Å². The summed E-state index contributed by atoms with van der Waals surface area (Å²) in [6.45, 7) is 0. The molecule has 0 saturated heterocycles. The summed E-state index contributed by atoms with van der Waals surface area (Å²) in [5, 5.41) is 11.2. The van der Waals surface area contributed by atoms with Gasteiger partial charge in [0.1, 0.15) is 0 Å². The number of rotatable bonds is 2. The van der Waals surface area contributed by atoms with Crippen LogP contribution in [0.2, 0.25) is 5.02 Å². The van der Waals surface area contributed by atoms with Crippen molar-refractivity contribution in [1.82, 2.24) is 0 Å². The van der Waals surface area contributed by atoms with Gasteiger partial charge in [0, 0.05) is 5.56 Å². The maximum absolute atomic E-state index is 11.0. The van der Waals surface area contributed by atoms with Gasteiger partial charge in [-0.1, -0.05) is 54.1 Å². The zero-order valence-corrected chi connectivity index (χ0v) is 9.07. The first-order valence-electron chi connectivity index (χ1n) is 4.75. The van der Waals surface area contributed by atoms with Gasteiger partial charge in [-0.25, -0.2) is 0 Å². The Morgan fingerprint density at radius 3 is 2.31 bits per heavy atom. The van der Waals surface area contributed by atoms with Crippen LogP contribution >= 0.6 is 11.6 Å². The number of carbonyl (C=O) groups excluding carboxylic acids is 1. The number of benzene rings is 2. The van der Waals surface area contributed by atoms with Gasteiger partial charge in [0.2, 0.25) is 0 Å². The van der Waals surface area contributed by atoms with Crippen LogP contribution in [-0.2, 0) is 0 Å². The Balaban J connectivity index is 2.66. The Bertz CT molecular complexity index is 521. The third-order valence-corrected chi connectivity index (χ3v) is 2.62. The molecule has 80 valence electrons. The molecule has 2 aromatic rings. The smallest absolute Gasteiger partial charge is 0.0736 e. The van der Waals surface area contributed by atoms with Gasteiger partial charge < -0.3 is 9.90 Å². The van der Waals surface area contributed by atoms with E-state index >= 15 is 0 Å². The van der Waals surface area contributed by atoms with E-state index in [-0.39, 0.29) is 10.6 Å². The number of carboxylic acid groups (broad SMARTS) is 1. The third-order valence-electron chi connectivity index (χ3n) is 2.30. The van der Waals surface area contributed by atoms with Crippen molar-refractivity contribution in [3.8, 4) is 11.1 Å². The fraction of sp³-hybridized carbons (Fsp3) is 0. The Hall–Kier alpha value is -1.80. The van der Waals surface area contributed by atoms with E-state index in [0.29, 0.717) is 5.56 Å². The summed E-state index contributed by atoms with van der Waals surface area (Å²) in [5.74, 6) is -1.26. The van der Waals surface area contributed by atoms with Crippen LogP contribution in [0, 0.1) is 0 Å². The van der Waals surface area contributed by atoms with Crippen LogP contribution < -0.4 is 5.11 Å². The minimum atomic E-state index is -1.26. The van der Waals surface area contributed by atoms with Crippen LogP contribution in [0.25, 0.3) is 11.1 Å². The number of hydrogen-bond donors (Lipinski definition) is 0. The van der Waals surface area contributed by atoms with Crippen LogP contribution in [0.3, 0.4) is 0 Å². The van der Waals surface area contributed by atoms with Crippen molar-refractivity contribution >= 4 is 17.6 Å². The highest BCUT2D eigenvalue weighted by molar-refractivity contribution is 6.34. The molecule has 2 aromatic carbocycles. The van der Waals surface area contributed by atoms with Crippen molar-refractivity contribution in [2.45, 2.75) is 0 Å². The molecule has 0 aliphatic heterocycles. The average molecular weight is 232 g/mol. The fourth-order valence-corrected chi connectivity index (χ4v) is 1.84. The Morgan fingerprint density at radius 1 is 1.00 bits per heavy atom. The highest BCUT2D eigenvalue weighted by Crippen LogP contribution is 2.28. The van der Waals surface area contributed by atoms with Gasteiger partial charge in [-0.3, -0.25) is 0 Å². The standard InChI is InChI=1S/C13H9ClO2/c14-11-8-4-7-10(12(11)13(15)16)9-5-2-1-3-6-9/h1-8H,(H,15,16)/p-1. The van der Waals surface area contributed by atoms with E-state index in [1.807, 2.05) is 30.3 Å². The van der Waals surface area contributed by atoms with E-state index < -0.39 is 5.97 Å². The first-order valence-corrected chi connectivity index (χ1v) is 5.13. The molecule has 0 atom stereocenters. The molecular weight excluding hydrogens is 224 g/mol. The molecule has 2 nitrogen and oxygen atoms in total. The van der Waals surface area contributed by atoms with Gasteiger partial charge in [0.25, 0.3) is 0 Å². The molecule has 0 aromatic heterocycles. The van der Waals surface area contributed by atoms with Crippen molar-refractivity contribution in [1.29, 1.82) is 0 Å². The van der Waals surface area contributed by atoms with E-state index in [2.05, 4.69) is 0 Å². The average Bonchev–Trinajstić information content (AvgIpc) is 2.29. The molecule has 0 heterocycles. The second-order valence-corrected chi connectivity index (χ2v) is 3.72. The largest absolute Gasteiger partial charge is 0.545 e. The molecule has 0 aliphatic rings. The van der Waals surface area contributed by atoms with Crippen LogP contribution in [0.4, 0.5) is 0 Å². The fourth-order valence-electron chi connectivity index (χ4n) is 1.59. The topological polar surface area (TPSA) is 40.1 Å². The lowest BCUT2D eigenvalue weighted by molar-refractivity contribution is -0.254. The molecular formula is C13H8ClO2-. The Kier molecular flexibility index (Phi) is 2.93. The summed E-state index contributed by atoms with van der Waals surface area (Å²) in [4.78, 5) is 11.0. The molecule has 0 saturated carbocycles. The first-order chi connectivity index (χ1) is 7.70. The number of carboxylic acids is 1. The van der Waals surface area contributed by atoms with Crippen molar-refractivity contribution in [3.05, 3.63) is 59.1 Å². The van der Waals surface area contributed by atoms with Gasteiger partial charge in [-0.05, 0) is 17.2 Å². The van der Waals surface area contributed by atoms with Crippen molar-refractivity contribution < 1.29 is 9.90 Å². The van der Waals surface area contributed by atoms with Crippen molar-refractivity contribution in [2.24, 2.45) is 0 Å². The summed E-state index contributed by atoms with van der Waals surface area (Å²) in [6.07, 6.45) is 0. The summed E-state index contributed by atoms with van der Waals surface area (Å²) in [7, 11) is 0. The summed E-state index contributed by atoms with van der Waals surface area (Å²) in [6, 6.07) is 14.2. The second-order valence-electron chi connectivity index (χ2n) is 3.32. The number of carbonyl (C=O) groups is 1. The minimum Gasteiger partial charge on any atom is -0.545 e. The lowest BCUT2D eigenvalue weighted by atomic mass is 10.00. The molecule has 3 heteroatoms. The third kappa shape index (κ3) is 1.92. The Morgan fingerprint density at radius 2 is 1.69 bits per heavy atom. The van der Waals surface area contributed by atoms with Crippen molar-refractivity contribution in [2.75, 3.05) is 0 Å². The van der Waals surface area contributed by atoms with E-state index in [1.54, 1.807) is 18.2 Å². The van der Waals surface area contributed by atoms with Gasteiger partial charge >= 0.3 is 0 Å². The van der Waals surface area contributed by atoms with Crippen LogP contribution in [0.5, 0.6) is 0 Å². The molecule has 0 spiro atoms. The van der Waals surface area contributed by atoms with E-state index in [1.165, 1.54) is 0 Å².